The molecule has 0 fully saturated rings. The summed E-state index contributed by atoms with van der Waals surface area (Å²) in [6.07, 6.45) is 0. The maximum Gasteiger partial charge on any atom is 0.317 e. The van der Waals surface area contributed by atoms with E-state index >= 15 is 0 Å². The molecule has 1 aromatic carbocycles. The van der Waals surface area contributed by atoms with Crippen molar-refractivity contribution in [3.05, 3.63) is 35.9 Å². The van der Waals surface area contributed by atoms with E-state index in [1.54, 1.807) is 0 Å². The Hall–Kier alpha value is -0.320. The highest BCUT2D eigenvalue weighted by Gasteiger charge is 2.01. The molecule has 0 saturated carbocycles. The van der Waals surface area contributed by atoms with Crippen LogP contribution in [0.3, 0.4) is 0 Å². The van der Waals surface area contributed by atoms with Gasteiger partial charge in [-0.1, -0.05) is 37.3 Å². The van der Waals surface area contributed by atoms with E-state index < -0.39 is 8.26 Å². The van der Waals surface area contributed by atoms with E-state index in [4.69, 9.17) is 8.42 Å². The van der Waals surface area contributed by atoms with Gasteiger partial charge in [0.05, 0.1) is 6.67 Å². The molecule has 86 valence electrons. The minimum absolute atomic E-state index is 0.0428. The van der Waals surface area contributed by atoms with E-state index in [-0.39, 0.29) is 12.6 Å². The average Bonchev–Trinajstić information content (AvgIpc) is 2.15. The molecule has 0 amide bonds. The lowest BCUT2D eigenvalue weighted by Crippen LogP contribution is -1.93. The largest absolute Gasteiger partial charge is 0.317 e. The molecule has 0 bridgehead atoms. The molecule has 0 aromatic heterocycles. The van der Waals surface area contributed by atoms with Gasteiger partial charge in [0.2, 0.25) is 0 Å². The van der Waals surface area contributed by atoms with Gasteiger partial charge < -0.3 is 0 Å². The second-order valence-corrected chi connectivity index (χ2v) is 6.51. The topological polar surface area (TPSA) is 34.1 Å². The molecule has 0 radical (unpaired) electrons. The molecule has 2 nitrogen and oxygen atoms in total. The molecule has 0 heterocycles. The second kappa shape index (κ2) is 7.04. The fourth-order valence-corrected chi connectivity index (χ4v) is 0.871. The van der Waals surface area contributed by atoms with E-state index in [0.29, 0.717) is 0 Å². The van der Waals surface area contributed by atoms with Crippen LogP contribution in [0, 0.1) is 0 Å². The van der Waals surface area contributed by atoms with E-state index in [1.807, 2.05) is 37.3 Å². The number of hydrogen-bond donors (Lipinski definition) is 0. The Morgan fingerprint density at radius 1 is 1.27 bits per heavy atom. The Kier molecular flexibility index (Phi) is 6.89. The van der Waals surface area contributed by atoms with Crippen molar-refractivity contribution >= 4 is 29.6 Å². The van der Waals surface area contributed by atoms with E-state index in [1.165, 1.54) is 0 Å². The van der Waals surface area contributed by atoms with Crippen molar-refractivity contribution in [2.75, 3.05) is 6.67 Å². The smallest absolute Gasteiger partial charge is 0.250 e. The van der Waals surface area contributed by atoms with Gasteiger partial charge in [0.25, 0.3) is 0 Å². The SMILES string of the molecule is C[C@H](CF)c1ccccc1.O=S(=O)(Cl)Cl. The van der Waals surface area contributed by atoms with Crippen LogP contribution in [0.5, 0.6) is 0 Å². The molecule has 6 heteroatoms. The molecule has 0 spiro atoms. The first-order valence-corrected chi connectivity index (χ1v) is 7.23. The van der Waals surface area contributed by atoms with Crippen molar-refractivity contribution in [3.8, 4) is 0 Å². The summed E-state index contributed by atoms with van der Waals surface area (Å²) in [6, 6.07) is 9.70. The van der Waals surface area contributed by atoms with Gasteiger partial charge in [0, 0.05) is 27.3 Å². The molecule has 0 saturated heterocycles. The van der Waals surface area contributed by atoms with Crippen LogP contribution in [-0.4, -0.2) is 15.1 Å². The number of rotatable bonds is 2. The van der Waals surface area contributed by atoms with Crippen LogP contribution in [0.2, 0.25) is 0 Å². The van der Waals surface area contributed by atoms with Gasteiger partial charge >= 0.3 is 8.26 Å². The third-order valence-electron chi connectivity index (χ3n) is 1.60. The van der Waals surface area contributed by atoms with Gasteiger partial charge in [0.15, 0.2) is 0 Å². The number of halogens is 3. The van der Waals surface area contributed by atoms with Crippen molar-refractivity contribution in [3.63, 3.8) is 0 Å². The van der Waals surface area contributed by atoms with Crippen LogP contribution >= 0.6 is 21.4 Å². The highest BCUT2D eigenvalue weighted by molar-refractivity contribution is 8.31. The molecule has 1 aromatic rings. The highest BCUT2D eigenvalue weighted by Crippen LogP contribution is 2.13. The Bertz CT molecular complexity index is 359. The number of alkyl halides is 1. The summed E-state index contributed by atoms with van der Waals surface area (Å²) < 4.78 is 30.4. The molecule has 0 unspecified atom stereocenters. The maximum absolute atomic E-state index is 12.1. The van der Waals surface area contributed by atoms with Crippen LogP contribution in [0.1, 0.15) is 18.4 Å². The lowest BCUT2D eigenvalue weighted by molar-refractivity contribution is 0.447. The first kappa shape index (κ1) is 14.7. The van der Waals surface area contributed by atoms with Gasteiger partial charge in [-0.25, -0.2) is 0 Å². The zero-order valence-corrected chi connectivity index (χ0v) is 10.4. The predicted molar refractivity (Wildman–Crippen MR) is 61.5 cm³/mol. The summed E-state index contributed by atoms with van der Waals surface area (Å²) in [4.78, 5) is 0. The lowest BCUT2D eigenvalue weighted by atomic mass is 10.0. The van der Waals surface area contributed by atoms with Crippen molar-refractivity contribution in [1.29, 1.82) is 0 Å². The highest BCUT2D eigenvalue weighted by atomic mass is 36.0. The Balaban J connectivity index is 0.000000336. The number of benzene rings is 1. The first-order chi connectivity index (χ1) is 6.84. The van der Waals surface area contributed by atoms with Crippen molar-refractivity contribution in [1.82, 2.24) is 0 Å². The molecular weight excluding hydrogens is 262 g/mol. The van der Waals surface area contributed by atoms with Gasteiger partial charge in [-0.3, -0.25) is 4.39 Å². The van der Waals surface area contributed by atoms with Crippen LogP contribution < -0.4 is 0 Å². The van der Waals surface area contributed by atoms with Gasteiger partial charge in [-0.2, -0.15) is 8.42 Å². The third-order valence-corrected chi connectivity index (χ3v) is 1.60. The third kappa shape index (κ3) is 9.97. The summed E-state index contributed by atoms with van der Waals surface area (Å²) in [6.45, 7) is 1.61. The summed E-state index contributed by atoms with van der Waals surface area (Å²) in [5, 5.41) is 0. The zero-order chi connectivity index (χ0) is 11.9. The van der Waals surface area contributed by atoms with E-state index in [2.05, 4.69) is 21.4 Å². The maximum atomic E-state index is 12.1. The van der Waals surface area contributed by atoms with Crippen molar-refractivity contribution in [2.45, 2.75) is 12.8 Å². The minimum atomic E-state index is -3.72. The van der Waals surface area contributed by atoms with Crippen LogP contribution in [0.15, 0.2) is 30.3 Å². The summed E-state index contributed by atoms with van der Waals surface area (Å²) in [5.74, 6) is 0.0428. The molecular formula is C9H11Cl2FO2S. The fraction of sp³-hybridized carbons (Fsp3) is 0.333. The average molecular weight is 273 g/mol. The standard InChI is InChI=1S/C9H11F.Cl2O2S/c1-8(7-10)9-5-3-2-4-6-9;1-5(2,3)4/h2-6,8H,7H2,1H3;/t8-;/m1./s1. The normalized spacial score (nSPS) is 12.5. The summed E-state index contributed by atoms with van der Waals surface area (Å²) in [7, 11) is 4.81. The van der Waals surface area contributed by atoms with Gasteiger partial charge in [-0.15, -0.1) is 0 Å². The molecule has 1 rings (SSSR count). The molecule has 0 aliphatic heterocycles. The molecule has 0 N–H and O–H groups in total. The predicted octanol–water partition coefficient (Wildman–Crippen LogP) is 3.47. The second-order valence-electron chi connectivity index (χ2n) is 2.84. The van der Waals surface area contributed by atoms with E-state index in [0.717, 1.165) is 5.56 Å². The zero-order valence-electron chi connectivity index (χ0n) is 8.03. The van der Waals surface area contributed by atoms with Crippen molar-refractivity contribution in [2.24, 2.45) is 0 Å². The van der Waals surface area contributed by atoms with E-state index in [9.17, 15) is 4.39 Å². The molecule has 1 atom stereocenters. The molecule has 15 heavy (non-hydrogen) atoms. The van der Waals surface area contributed by atoms with Crippen LogP contribution in [0.4, 0.5) is 4.39 Å². The quantitative estimate of drug-likeness (QED) is 0.773. The molecule has 0 aliphatic carbocycles. The Morgan fingerprint density at radius 2 is 1.67 bits per heavy atom. The monoisotopic (exact) mass is 272 g/mol. The summed E-state index contributed by atoms with van der Waals surface area (Å²) >= 11 is 0. The molecule has 0 aliphatic rings. The summed E-state index contributed by atoms with van der Waals surface area (Å²) in [5.41, 5.74) is 1.07. The fourth-order valence-electron chi connectivity index (χ4n) is 0.871. The lowest BCUT2D eigenvalue weighted by Gasteiger charge is -2.04. The van der Waals surface area contributed by atoms with Crippen LogP contribution in [-0.2, 0) is 8.26 Å². The Labute approximate surface area is 97.9 Å². The first-order valence-electron chi connectivity index (χ1n) is 4.09. The van der Waals surface area contributed by atoms with Crippen molar-refractivity contribution < 1.29 is 12.8 Å². The van der Waals surface area contributed by atoms with Gasteiger partial charge in [0.1, 0.15) is 0 Å². The Morgan fingerprint density at radius 3 is 2.00 bits per heavy atom. The minimum Gasteiger partial charge on any atom is -0.250 e. The van der Waals surface area contributed by atoms with Crippen LogP contribution in [0.25, 0.3) is 0 Å². The van der Waals surface area contributed by atoms with Gasteiger partial charge in [-0.05, 0) is 5.56 Å². The number of hydrogen-bond acceptors (Lipinski definition) is 2.